The quantitative estimate of drug-likeness (QED) is 0.476. The number of thiazole rings is 1. The number of hydrogen-bond acceptors (Lipinski definition) is 4. The summed E-state index contributed by atoms with van der Waals surface area (Å²) in [5.74, 6) is -0.722. The average Bonchev–Trinajstić information content (AvgIpc) is 3.08. The summed E-state index contributed by atoms with van der Waals surface area (Å²) in [6.45, 7) is 2.09. The highest BCUT2D eigenvalue weighted by molar-refractivity contribution is 7.16. The molecule has 146 valence electrons. The molecular formula is C23H20N2O3S. The van der Waals surface area contributed by atoms with Gasteiger partial charge in [-0.25, -0.2) is 0 Å². The first-order valence-electron chi connectivity index (χ1n) is 9.36. The van der Waals surface area contributed by atoms with Gasteiger partial charge in [-0.2, -0.15) is 4.99 Å². The van der Waals surface area contributed by atoms with Crippen LogP contribution in [0.25, 0.3) is 21.0 Å². The van der Waals surface area contributed by atoms with Crippen molar-refractivity contribution in [1.82, 2.24) is 4.57 Å². The number of ether oxygens (including phenoxy) is 1. The Bertz CT molecular complexity index is 1300. The third-order valence-corrected chi connectivity index (χ3v) is 5.91. The topological polar surface area (TPSA) is 60.7 Å². The van der Waals surface area contributed by atoms with E-state index in [4.69, 9.17) is 4.74 Å². The Morgan fingerprint density at radius 3 is 2.59 bits per heavy atom. The Labute approximate surface area is 171 Å². The SMILES string of the molecule is CCc1ccc2c(c1)sc(=NC(=O)c1ccc3ccccc3c1)n2CC(=O)OC. The van der Waals surface area contributed by atoms with Gasteiger partial charge in [0.15, 0.2) is 4.80 Å². The highest BCUT2D eigenvalue weighted by Crippen LogP contribution is 2.20. The van der Waals surface area contributed by atoms with Crippen molar-refractivity contribution in [3.05, 3.63) is 76.6 Å². The maximum Gasteiger partial charge on any atom is 0.325 e. The first-order chi connectivity index (χ1) is 14.1. The number of rotatable bonds is 4. The van der Waals surface area contributed by atoms with E-state index >= 15 is 0 Å². The fourth-order valence-corrected chi connectivity index (χ4v) is 4.33. The van der Waals surface area contributed by atoms with E-state index < -0.39 is 0 Å². The molecule has 3 aromatic carbocycles. The fourth-order valence-electron chi connectivity index (χ4n) is 3.24. The van der Waals surface area contributed by atoms with Crippen LogP contribution in [0.1, 0.15) is 22.8 Å². The number of esters is 1. The molecule has 4 aromatic rings. The molecule has 0 saturated heterocycles. The maximum absolute atomic E-state index is 12.9. The number of methoxy groups -OCH3 is 1. The Kier molecular flexibility index (Phi) is 5.27. The van der Waals surface area contributed by atoms with E-state index in [1.54, 1.807) is 10.6 Å². The van der Waals surface area contributed by atoms with Crippen molar-refractivity contribution in [1.29, 1.82) is 0 Å². The van der Waals surface area contributed by atoms with Crippen LogP contribution in [0.15, 0.2) is 65.7 Å². The molecule has 1 amide bonds. The van der Waals surface area contributed by atoms with Crippen LogP contribution in [0, 0.1) is 0 Å². The lowest BCUT2D eigenvalue weighted by Gasteiger charge is -2.04. The van der Waals surface area contributed by atoms with Crippen LogP contribution >= 0.6 is 11.3 Å². The van der Waals surface area contributed by atoms with Crippen LogP contribution in [-0.2, 0) is 22.5 Å². The summed E-state index contributed by atoms with van der Waals surface area (Å²) in [7, 11) is 1.35. The molecule has 1 aromatic heterocycles. The lowest BCUT2D eigenvalue weighted by molar-refractivity contribution is -0.141. The molecule has 0 aliphatic heterocycles. The number of hydrogen-bond donors (Lipinski definition) is 0. The van der Waals surface area contributed by atoms with Crippen molar-refractivity contribution in [2.24, 2.45) is 4.99 Å². The summed E-state index contributed by atoms with van der Waals surface area (Å²) >= 11 is 1.40. The van der Waals surface area contributed by atoms with E-state index in [1.165, 1.54) is 24.0 Å². The van der Waals surface area contributed by atoms with E-state index in [0.717, 1.165) is 27.4 Å². The molecule has 0 aliphatic carbocycles. The minimum Gasteiger partial charge on any atom is -0.468 e. The van der Waals surface area contributed by atoms with E-state index in [9.17, 15) is 9.59 Å². The van der Waals surface area contributed by atoms with Crippen LogP contribution in [0.2, 0.25) is 0 Å². The molecule has 0 aliphatic rings. The van der Waals surface area contributed by atoms with Crippen molar-refractivity contribution in [2.45, 2.75) is 19.9 Å². The molecule has 0 fully saturated rings. The van der Waals surface area contributed by atoms with Crippen molar-refractivity contribution in [2.75, 3.05) is 7.11 Å². The summed E-state index contributed by atoms with van der Waals surface area (Å²) in [5, 5.41) is 2.05. The standard InChI is InChI=1S/C23H20N2O3S/c1-3-15-8-11-19-20(12-15)29-23(25(19)14-21(26)28-2)24-22(27)18-10-9-16-6-4-5-7-17(16)13-18/h4-13H,3,14H2,1-2H3. The summed E-state index contributed by atoms with van der Waals surface area (Å²) in [5.41, 5.74) is 2.57. The molecule has 5 nitrogen and oxygen atoms in total. The summed E-state index contributed by atoms with van der Waals surface area (Å²) in [6, 6.07) is 19.5. The van der Waals surface area contributed by atoms with Crippen LogP contribution in [-0.4, -0.2) is 23.6 Å². The van der Waals surface area contributed by atoms with Gasteiger partial charge in [-0.05, 0) is 47.0 Å². The smallest absolute Gasteiger partial charge is 0.325 e. The van der Waals surface area contributed by atoms with Gasteiger partial charge in [-0.1, -0.05) is 54.7 Å². The molecule has 1 heterocycles. The van der Waals surface area contributed by atoms with Crippen molar-refractivity contribution < 1.29 is 14.3 Å². The second-order valence-electron chi connectivity index (χ2n) is 6.68. The van der Waals surface area contributed by atoms with E-state index in [2.05, 4.69) is 18.0 Å². The Morgan fingerprint density at radius 2 is 1.83 bits per heavy atom. The van der Waals surface area contributed by atoms with Gasteiger partial charge in [0, 0.05) is 5.56 Å². The number of carbonyl (C=O) groups is 2. The van der Waals surface area contributed by atoms with Gasteiger partial charge in [-0.15, -0.1) is 0 Å². The third-order valence-electron chi connectivity index (χ3n) is 4.86. The van der Waals surface area contributed by atoms with Crippen LogP contribution < -0.4 is 4.80 Å². The number of benzene rings is 3. The molecule has 0 radical (unpaired) electrons. The molecule has 4 rings (SSSR count). The molecular weight excluding hydrogens is 384 g/mol. The van der Waals surface area contributed by atoms with E-state index in [0.29, 0.717) is 10.4 Å². The normalized spacial score (nSPS) is 11.9. The predicted octanol–water partition coefficient (Wildman–Crippen LogP) is 4.33. The number of carbonyl (C=O) groups excluding carboxylic acids is 2. The van der Waals surface area contributed by atoms with Gasteiger partial charge < -0.3 is 9.30 Å². The second-order valence-corrected chi connectivity index (χ2v) is 7.69. The van der Waals surface area contributed by atoms with Gasteiger partial charge in [-0.3, -0.25) is 9.59 Å². The number of fused-ring (bicyclic) bond motifs is 2. The number of aryl methyl sites for hydroxylation is 1. The zero-order chi connectivity index (χ0) is 20.4. The maximum atomic E-state index is 12.9. The van der Waals surface area contributed by atoms with Crippen LogP contribution in [0.3, 0.4) is 0 Å². The van der Waals surface area contributed by atoms with Gasteiger partial charge >= 0.3 is 5.97 Å². The zero-order valence-electron chi connectivity index (χ0n) is 16.2. The second kappa shape index (κ2) is 8.01. The molecule has 0 unspecified atom stereocenters. The summed E-state index contributed by atoms with van der Waals surface area (Å²) in [6.07, 6.45) is 0.910. The summed E-state index contributed by atoms with van der Waals surface area (Å²) in [4.78, 5) is 29.6. The average molecular weight is 404 g/mol. The van der Waals surface area contributed by atoms with E-state index in [1.807, 2.05) is 48.5 Å². The Balaban J connectivity index is 1.83. The highest BCUT2D eigenvalue weighted by Gasteiger charge is 2.13. The molecule has 0 N–H and O–H groups in total. The first kappa shape index (κ1) is 19.1. The molecule has 0 saturated carbocycles. The van der Waals surface area contributed by atoms with Gasteiger partial charge in [0.1, 0.15) is 6.54 Å². The minimum atomic E-state index is -0.385. The first-order valence-corrected chi connectivity index (χ1v) is 10.2. The largest absolute Gasteiger partial charge is 0.468 e. The number of amides is 1. The van der Waals surface area contributed by atoms with Crippen molar-refractivity contribution in [3.8, 4) is 0 Å². The van der Waals surface area contributed by atoms with Crippen LogP contribution in [0.5, 0.6) is 0 Å². The fraction of sp³-hybridized carbons (Fsp3) is 0.174. The number of aromatic nitrogens is 1. The van der Waals surface area contributed by atoms with Gasteiger partial charge in [0.25, 0.3) is 5.91 Å². The summed E-state index contributed by atoms with van der Waals surface area (Å²) < 4.78 is 7.55. The molecule has 0 spiro atoms. The number of nitrogens with zero attached hydrogens (tertiary/aromatic N) is 2. The molecule has 0 atom stereocenters. The van der Waals surface area contributed by atoms with E-state index in [-0.39, 0.29) is 18.4 Å². The van der Waals surface area contributed by atoms with Crippen molar-refractivity contribution >= 4 is 44.2 Å². The third kappa shape index (κ3) is 3.84. The lowest BCUT2D eigenvalue weighted by Crippen LogP contribution is -2.22. The van der Waals surface area contributed by atoms with Crippen molar-refractivity contribution in [3.63, 3.8) is 0 Å². The lowest BCUT2D eigenvalue weighted by atomic mass is 10.1. The predicted molar refractivity (Wildman–Crippen MR) is 115 cm³/mol. The Morgan fingerprint density at radius 1 is 1.03 bits per heavy atom. The molecule has 0 bridgehead atoms. The zero-order valence-corrected chi connectivity index (χ0v) is 17.0. The highest BCUT2D eigenvalue weighted by atomic mass is 32.1. The molecule has 29 heavy (non-hydrogen) atoms. The molecule has 6 heteroatoms. The monoisotopic (exact) mass is 404 g/mol. The van der Waals surface area contributed by atoms with Gasteiger partial charge in [0.05, 0.1) is 17.3 Å². The van der Waals surface area contributed by atoms with Gasteiger partial charge in [0.2, 0.25) is 0 Å². The minimum absolute atomic E-state index is 0.00576. The van der Waals surface area contributed by atoms with Crippen LogP contribution in [0.4, 0.5) is 0 Å². The Hall–Kier alpha value is -3.25.